The van der Waals surface area contributed by atoms with E-state index in [1.54, 1.807) is 12.1 Å². The van der Waals surface area contributed by atoms with Crippen LogP contribution in [0.2, 0.25) is 15.1 Å². The van der Waals surface area contributed by atoms with Crippen LogP contribution in [0.25, 0.3) is 0 Å². The molecule has 0 amide bonds. The van der Waals surface area contributed by atoms with Crippen LogP contribution in [0.1, 0.15) is 17.2 Å². The van der Waals surface area contributed by atoms with Gasteiger partial charge in [0.25, 0.3) is 0 Å². The summed E-state index contributed by atoms with van der Waals surface area (Å²) in [6.45, 7) is 2.22. The third-order valence-electron chi connectivity index (χ3n) is 5.40. The molecule has 0 N–H and O–H groups in total. The Morgan fingerprint density at radius 2 is 1.59 bits per heavy atom. The maximum atomic E-state index is 6.96. The van der Waals surface area contributed by atoms with Gasteiger partial charge in [-0.2, -0.15) is 0 Å². The van der Waals surface area contributed by atoms with Crippen molar-refractivity contribution in [3.63, 3.8) is 0 Å². The number of halogens is 4. The van der Waals surface area contributed by atoms with Crippen molar-refractivity contribution in [2.45, 2.75) is 18.2 Å². The van der Waals surface area contributed by atoms with Gasteiger partial charge in [0.1, 0.15) is 24.0 Å². The van der Waals surface area contributed by atoms with Crippen molar-refractivity contribution in [2.75, 3.05) is 19.8 Å². The summed E-state index contributed by atoms with van der Waals surface area (Å²) < 4.78 is 12.1. The summed E-state index contributed by atoms with van der Waals surface area (Å²) in [6, 6.07) is 22.6. The lowest BCUT2D eigenvalue weighted by Crippen LogP contribution is -2.36. The van der Waals surface area contributed by atoms with E-state index in [-0.39, 0.29) is 0 Å². The summed E-state index contributed by atoms with van der Waals surface area (Å²) in [5.74, 6) is 0.856. The summed E-state index contributed by atoms with van der Waals surface area (Å²) in [5.41, 5.74) is 1.31. The van der Waals surface area contributed by atoms with Crippen LogP contribution in [-0.4, -0.2) is 35.1 Å². The Hall–Kier alpha value is -2.08. The second kappa shape index (κ2) is 12.1. The molecule has 1 aliphatic heterocycles. The van der Waals surface area contributed by atoms with Crippen molar-refractivity contribution in [3.05, 3.63) is 111 Å². The van der Waals surface area contributed by atoms with Crippen molar-refractivity contribution >= 4 is 46.4 Å². The molecule has 4 rings (SSSR count). The quantitative estimate of drug-likeness (QED) is 0.196. The van der Waals surface area contributed by atoms with E-state index >= 15 is 0 Å². The molecule has 3 aromatic rings. The van der Waals surface area contributed by atoms with Gasteiger partial charge < -0.3 is 19.3 Å². The fourth-order valence-electron chi connectivity index (χ4n) is 3.57. The maximum absolute atomic E-state index is 6.96. The lowest BCUT2D eigenvalue weighted by atomic mass is 10.1. The molecule has 2 unspecified atom stereocenters. The number of ether oxygens (including phenoxy) is 2. The first-order valence-electron chi connectivity index (χ1n) is 10.8. The third kappa shape index (κ3) is 6.74. The molecule has 4 nitrogen and oxygen atoms in total. The molecule has 0 fully saturated rings. The molecule has 178 valence electrons. The summed E-state index contributed by atoms with van der Waals surface area (Å²) in [5, 5.41) is 1.79. The predicted molar refractivity (Wildman–Crippen MR) is 140 cm³/mol. The van der Waals surface area contributed by atoms with E-state index in [4.69, 9.17) is 55.9 Å². The lowest BCUT2D eigenvalue weighted by molar-refractivity contribution is 0.00651. The highest BCUT2D eigenvalue weighted by molar-refractivity contribution is 6.35. The highest BCUT2D eigenvalue weighted by Crippen LogP contribution is 2.32. The predicted octanol–water partition coefficient (Wildman–Crippen LogP) is 7.59. The van der Waals surface area contributed by atoms with Crippen molar-refractivity contribution < 1.29 is 9.47 Å². The summed E-state index contributed by atoms with van der Waals surface area (Å²) in [7, 11) is 0. The van der Waals surface area contributed by atoms with Gasteiger partial charge in [-0.1, -0.05) is 82.8 Å². The molecular formula is C26H24Cl4N2O2. The normalized spacial score (nSPS) is 14.9. The Labute approximate surface area is 220 Å². The molecule has 34 heavy (non-hydrogen) atoms. The Kier molecular flexibility index (Phi) is 8.87. The van der Waals surface area contributed by atoms with E-state index in [1.165, 1.54) is 0 Å². The summed E-state index contributed by atoms with van der Waals surface area (Å²) in [6.07, 6.45) is 3.57. The molecule has 0 saturated carbocycles. The second-order valence-electron chi connectivity index (χ2n) is 7.82. The number of hydrogen-bond donors (Lipinski definition) is 0. The molecule has 1 heterocycles. The van der Waals surface area contributed by atoms with Crippen LogP contribution < -0.4 is 4.74 Å². The van der Waals surface area contributed by atoms with Crippen molar-refractivity contribution in [1.82, 2.24) is 9.80 Å². The number of benzene rings is 3. The molecule has 8 heteroatoms. The summed E-state index contributed by atoms with van der Waals surface area (Å²) in [4.78, 5) is 4.18. The van der Waals surface area contributed by atoms with Gasteiger partial charge in [0, 0.05) is 27.5 Å². The number of hydrogen-bond acceptors (Lipinski definition) is 4. The first kappa shape index (κ1) is 25.0. The third-order valence-corrected chi connectivity index (χ3v) is 6.72. The minimum absolute atomic E-state index is 0.290. The van der Waals surface area contributed by atoms with Crippen molar-refractivity contribution in [3.8, 4) is 5.75 Å². The highest BCUT2D eigenvalue weighted by atomic mass is 35.5. The average Bonchev–Trinajstić information content (AvgIpc) is 3.31. The topological polar surface area (TPSA) is 24.9 Å². The first-order valence-corrected chi connectivity index (χ1v) is 12.4. The standard InChI is InChI=1S/C26H24Cl4N2O2/c27-21-9-6-19(7-10-21)25(34-17-20-8-11-22(28)16-24(20)29)26(30)32-13-12-31(18-32)14-15-33-23-4-2-1-3-5-23/h1-13,16,25-26H,14-15,17-18H2. The fourth-order valence-corrected chi connectivity index (χ4v) is 4.50. The molecule has 1 aliphatic rings. The zero-order chi connectivity index (χ0) is 23.9. The minimum Gasteiger partial charge on any atom is -0.492 e. The summed E-state index contributed by atoms with van der Waals surface area (Å²) >= 11 is 25.4. The molecule has 3 aromatic carbocycles. The van der Waals surface area contributed by atoms with Crippen LogP contribution in [0.3, 0.4) is 0 Å². The zero-order valence-corrected chi connectivity index (χ0v) is 21.3. The number of nitrogens with zero attached hydrogens (tertiary/aromatic N) is 2. The van der Waals surface area contributed by atoms with Crippen molar-refractivity contribution in [1.29, 1.82) is 0 Å². The molecule has 0 spiro atoms. The van der Waals surface area contributed by atoms with E-state index in [2.05, 4.69) is 4.90 Å². The lowest BCUT2D eigenvalue weighted by Gasteiger charge is -2.31. The van der Waals surface area contributed by atoms with Gasteiger partial charge in [-0.15, -0.1) is 0 Å². The van der Waals surface area contributed by atoms with Crippen LogP contribution in [0, 0.1) is 0 Å². The van der Waals surface area contributed by atoms with E-state index in [1.807, 2.05) is 78.0 Å². The molecular weight excluding hydrogens is 514 g/mol. The van der Waals surface area contributed by atoms with Gasteiger partial charge in [0.05, 0.1) is 19.8 Å². The zero-order valence-electron chi connectivity index (χ0n) is 18.3. The molecule has 0 bridgehead atoms. The van der Waals surface area contributed by atoms with Crippen LogP contribution in [0.4, 0.5) is 0 Å². The van der Waals surface area contributed by atoms with Gasteiger partial charge in [0.15, 0.2) is 0 Å². The maximum Gasteiger partial charge on any atom is 0.135 e. The minimum atomic E-state index is -0.455. The van der Waals surface area contributed by atoms with E-state index in [0.717, 1.165) is 23.4 Å². The van der Waals surface area contributed by atoms with Gasteiger partial charge >= 0.3 is 0 Å². The van der Waals surface area contributed by atoms with Gasteiger partial charge in [-0.05, 0) is 47.5 Å². The molecule has 2 atom stereocenters. The Morgan fingerprint density at radius 3 is 2.32 bits per heavy atom. The molecule has 0 saturated heterocycles. The number of alkyl halides is 1. The SMILES string of the molecule is Clc1ccc(C(OCc2ccc(Cl)cc2Cl)C(Cl)N2C=CN(CCOc3ccccc3)C2)cc1. The Bertz CT molecular complexity index is 1100. The Morgan fingerprint density at radius 1 is 0.853 bits per heavy atom. The molecule has 0 aromatic heterocycles. The largest absolute Gasteiger partial charge is 0.492 e. The molecule has 0 radical (unpaired) electrons. The molecule has 0 aliphatic carbocycles. The first-order chi connectivity index (χ1) is 16.5. The van der Waals surface area contributed by atoms with Gasteiger partial charge in [0.2, 0.25) is 0 Å². The Balaban J connectivity index is 1.39. The monoisotopic (exact) mass is 536 g/mol. The van der Waals surface area contributed by atoms with E-state index < -0.39 is 11.6 Å². The second-order valence-corrected chi connectivity index (χ2v) is 9.55. The smallest absolute Gasteiger partial charge is 0.135 e. The number of para-hydroxylation sites is 1. The average molecular weight is 538 g/mol. The van der Waals surface area contributed by atoms with Gasteiger partial charge in [-0.3, -0.25) is 0 Å². The van der Waals surface area contributed by atoms with Gasteiger partial charge in [-0.25, -0.2) is 0 Å². The van der Waals surface area contributed by atoms with Crippen LogP contribution in [-0.2, 0) is 11.3 Å². The fraction of sp³-hybridized carbons (Fsp3) is 0.231. The van der Waals surface area contributed by atoms with Crippen LogP contribution in [0.15, 0.2) is 85.2 Å². The van der Waals surface area contributed by atoms with Crippen molar-refractivity contribution in [2.24, 2.45) is 0 Å². The van der Waals surface area contributed by atoms with Crippen LogP contribution >= 0.6 is 46.4 Å². The van der Waals surface area contributed by atoms with E-state index in [0.29, 0.717) is 35.0 Å². The van der Waals surface area contributed by atoms with E-state index in [9.17, 15) is 0 Å². The highest BCUT2D eigenvalue weighted by Gasteiger charge is 2.29. The van der Waals surface area contributed by atoms with Crippen LogP contribution in [0.5, 0.6) is 5.75 Å². The number of rotatable bonds is 10.